The number of para-hydroxylation sites is 2. The largest absolute Gasteiger partial charge is 0.383 e. The summed E-state index contributed by atoms with van der Waals surface area (Å²) in [4.78, 5) is 0.300. The molecule has 3 rings (SSSR count). The van der Waals surface area contributed by atoms with Gasteiger partial charge in [-0.1, -0.05) is 34.1 Å². The molecule has 1 aliphatic rings. The van der Waals surface area contributed by atoms with Crippen LogP contribution in [0.3, 0.4) is 0 Å². The minimum absolute atomic E-state index is 0.300. The van der Waals surface area contributed by atoms with Crippen LogP contribution in [0.25, 0.3) is 0 Å². The van der Waals surface area contributed by atoms with E-state index in [9.17, 15) is 8.42 Å². The molecule has 0 radical (unpaired) electrons. The van der Waals surface area contributed by atoms with Crippen LogP contribution in [0.5, 0.6) is 0 Å². The van der Waals surface area contributed by atoms with E-state index >= 15 is 0 Å². The molecule has 0 atom stereocenters. The van der Waals surface area contributed by atoms with Gasteiger partial charge in [0.15, 0.2) is 0 Å². The highest BCUT2D eigenvalue weighted by atomic mass is 79.9. The molecule has 110 valence electrons. The molecule has 2 aromatic carbocycles. The maximum Gasteiger partial charge on any atom is 0.264 e. The third-order valence-corrected chi connectivity index (χ3v) is 5.71. The number of nitrogens with one attached hydrogen (secondary N) is 1. The number of anilines is 2. The molecule has 0 spiro atoms. The second kappa shape index (κ2) is 5.69. The molecule has 2 aromatic rings. The summed E-state index contributed by atoms with van der Waals surface area (Å²) in [5.41, 5.74) is 1.56. The average molecular weight is 367 g/mol. The maximum atomic E-state index is 12.9. The molecular weight excluding hydrogens is 352 g/mol. The summed E-state index contributed by atoms with van der Waals surface area (Å²) in [6.07, 6.45) is 0.766. The maximum absolute atomic E-state index is 12.9. The van der Waals surface area contributed by atoms with Crippen LogP contribution >= 0.6 is 15.9 Å². The summed E-state index contributed by atoms with van der Waals surface area (Å²) >= 11 is 3.33. The highest BCUT2D eigenvalue weighted by Gasteiger charge is 2.27. The van der Waals surface area contributed by atoms with Crippen molar-refractivity contribution in [2.24, 2.45) is 0 Å². The molecule has 4 nitrogen and oxygen atoms in total. The summed E-state index contributed by atoms with van der Waals surface area (Å²) in [5.74, 6) is 0. The minimum atomic E-state index is -3.56. The second-order valence-corrected chi connectivity index (χ2v) is 7.61. The smallest absolute Gasteiger partial charge is 0.264 e. The predicted octanol–water partition coefficient (Wildman–Crippen LogP) is 3.46. The number of nitrogens with zero attached hydrogens (tertiary/aromatic N) is 1. The monoisotopic (exact) mass is 366 g/mol. The molecule has 0 bridgehead atoms. The van der Waals surface area contributed by atoms with Crippen molar-refractivity contribution in [2.45, 2.75) is 11.3 Å². The van der Waals surface area contributed by atoms with E-state index < -0.39 is 10.0 Å². The number of halogens is 1. The number of sulfonamides is 1. The van der Waals surface area contributed by atoms with Crippen LogP contribution in [0, 0.1) is 0 Å². The first kappa shape index (κ1) is 14.4. The summed E-state index contributed by atoms with van der Waals surface area (Å²) in [6.45, 7) is 1.24. The Labute approximate surface area is 133 Å². The van der Waals surface area contributed by atoms with Crippen molar-refractivity contribution in [3.63, 3.8) is 0 Å². The third-order valence-electron chi connectivity index (χ3n) is 3.41. The van der Waals surface area contributed by atoms with Gasteiger partial charge in [-0.25, -0.2) is 8.42 Å². The van der Waals surface area contributed by atoms with Crippen LogP contribution in [0.4, 0.5) is 11.4 Å². The summed E-state index contributed by atoms with van der Waals surface area (Å²) in [6, 6.07) is 14.3. The third kappa shape index (κ3) is 2.78. The molecule has 0 unspecified atom stereocenters. The number of fused-ring (bicyclic) bond motifs is 1. The van der Waals surface area contributed by atoms with Crippen LogP contribution in [0.15, 0.2) is 57.9 Å². The molecule has 0 aliphatic carbocycles. The lowest BCUT2D eigenvalue weighted by Gasteiger charge is -2.24. The Balaban J connectivity index is 2.11. The predicted molar refractivity (Wildman–Crippen MR) is 88.2 cm³/mol. The molecule has 6 heteroatoms. The SMILES string of the molecule is O=S(=O)(c1cccc(Br)c1)N1CCCNc2ccccc21. The van der Waals surface area contributed by atoms with Crippen LogP contribution in [0.1, 0.15) is 6.42 Å². The van der Waals surface area contributed by atoms with E-state index in [-0.39, 0.29) is 0 Å². The summed E-state index contributed by atoms with van der Waals surface area (Å²) in [7, 11) is -3.56. The minimum Gasteiger partial charge on any atom is -0.383 e. The Morgan fingerprint density at radius 3 is 2.71 bits per heavy atom. The zero-order valence-corrected chi connectivity index (χ0v) is 13.7. The van der Waals surface area contributed by atoms with Gasteiger partial charge in [-0.15, -0.1) is 0 Å². The lowest BCUT2D eigenvalue weighted by molar-refractivity contribution is 0.590. The van der Waals surface area contributed by atoms with Crippen molar-refractivity contribution in [1.29, 1.82) is 0 Å². The van der Waals surface area contributed by atoms with Gasteiger partial charge in [-0.3, -0.25) is 4.31 Å². The summed E-state index contributed by atoms with van der Waals surface area (Å²) < 4.78 is 28.1. The van der Waals surface area contributed by atoms with E-state index in [1.165, 1.54) is 4.31 Å². The molecule has 1 aliphatic heterocycles. The Hall–Kier alpha value is -1.53. The average Bonchev–Trinajstić information content (AvgIpc) is 2.70. The van der Waals surface area contributed by atoms with E-state index in [0.29, 0.717) is 17.1 Å². The quantitative estimate of drug-likeness (QED) is 0.885. The highest BCUT2D eigenvalue weighted by molar-refractivity contribution is 9.10. The highest BCUT2D eigenvalue weighted by Crippen LogP contribution is 2.33. The Kier molecular flexibility index (Phi) is 3.91. The van der Waals surface area contributed by atoms with Gasteiger partial charge in [0.05, 0.1) is 16.3 Å². The zero-order chi connectivity index (χ0) is 14.9. The zero-order valence-electron chi connectivity index (χ0n) is 11.3. The number of hydrogen-bond donors (Lipinski definition) is 1. The topological polar surface area (TPSA) is 49.4 Å². The molecule has 21 heavy (non-hydrogen) atoms. The molecule has 0 saturated heterocycles. The van der Waals surface area contributed by atoms with Gasteiger partial charge in [0.1, 0.15) is 0 Å². The van der Waals surface area contributed by atoms with Crippen molar-refractivity contribution in [3.8, 4) is 0 Å². The first-order valence-corrected chi connectivity index (χ1v) is 8.93. The fourth-order valence-electron chi connectivity index (χ4n) is 2.41. The molecule has 1 heterocycles. The normalized spacial score (nSPS) is 15.0. The number of hydrogen-bond acceptors (Lipinski definition) is 3. The summed E-state index contributed by atoms with van der Waals surface area (Å²) in [5, 5.41) is 3.27. The van der Waals surface area contributed by atoms with Gasteiger partial charge in [0.2, 0.25) is 0 Å². The van der Waals surface area contributed by atoms with Gasteiger partial charge in [0.25, 0.3) is 10.0 Å². The van der Waals surface area contributed by atoms with Crippen LogP contribution in [-0.2, 0) is 10.0 Å². The standard InChI is InChI=1S/C15H15BrN2O2S/c16-12-5-3-6-13(11-12)21(19,20)18-10-4-9-17-14-7-1-2-8-15(14)18/h1-3,5-8,11,17H,4,9-10H2. The van der Waals surface area contributed by atoms with Crippen molar-refractivity contribution < 1.29 is 8.42 Å². The van der Waals surface area contributed by atoms with Crippen molar-refractivity contribution >= 4 is 37.3 Å². The second-order valence-electron chi connectivity index (χ2n) is 4.83. The fourth-order valence-corrected chi connectivity index (χ4v) is 4.53. The van der Waals surface area contributed by atoms with Crippen LogP contribution in [0.2, 0.25) is 0 Å². The van der Waals surface area contributed by atoms with E-state index in [4.69, 9.17) is 0 Å². The van der Waals surface area contributed by atoms with Crippen molar-refractivity contribution in [2.75, 3.05) is 22.7 Å². The first-order valence-electron chi connectivity index (χ1n) is 6.70. The van der Waals surface area contributed by atoms with Crippen molar-refractivity contribution in [1.82, 2.24) is 0 Å². The van der Waals surface area contributed by atoms with Crippen LogP contribution in [-0.4, -0.2) is 21.5 Å². The van der Waals surface area contributed by atoms with E-state index in [0.717, 1.165) is 23.1 Å². The Morgan fingerprint density at radius 2 is 1.90 bits per heavy atom. The first-order chi connectivity index (χ1) is 10.1. The lowest BCUT2D eigenvalue weighted by atomic mass is 10.2. The lowest BCUT2D eigenvalue weighted by Crippen LogP contribution is -2.31. The van der Waals surface area contributed by atoms with Gasteiger partial charge in [0, 0.05) is 17.6 Å². The van der Waals surface area contributed by atoms with Gasteiger partial charge < -0.3 is 5.32 Å². The van der Waals surface area contributed by atoms with Gasteiger partial charge >= 0.3 is 0 Å². The Morgan fingerprint density at radius 1 is 1.10 bits per heavy atom. The molecule has 1 N–H and O–H groups in total. The van der Waals surface area contributed by atoms with Crippen LogP contribution < -0.4 is 9.62 Å². The van der Waals surface area contributed by atoms with E-state index in [2.05, 4.69) is 21.2 Å². The van der Waals surface area contributed by atoms with Gasteiger partial charge in [-0.2, -0.15) is 0 Å². The van der Waals surface area contributed by atoms with E-state index in [1.807, 2.05) is 30.3 Å². The molecule has 0 aromatic heterocycles. The molecule has 0 saturated carbocycles. The number of benzene rings is 2. The van der Waals surface area contributed by atoms with Crippen molar-refractivity contribution in [3.05, 3.63) is 53.0 Å². The molecule has 0 amide bonds. The Bertz CT molecular complexity index is 762. The number of rotatable bonds is 2. The molecule has 0 fully saturated rings. The van der Waals surface area contributed by atoms with Gasteiger partial charge in [-0.05, 0) is 36.8 Å². The fraction of sp³-hybridized carbons (Fsp3) is 0.200. The van der Waals surface area contributed by atoms with E-state index in [1.54, 1.807) is 18.2 Å². The molecular formula is C15H15BrN2O2S.